The smallest absolute Gasteiger partial charge is 0.251 e. The molecule has 4 nitrogen and oxygen atoms in total. The molecule has 0 bridgehead atoms. The first-order valence-corrected chi connectivity index (χ1v) is 6.22. The average Bonchev–Trinajstić information content (AvgIpc) is 2.35. The van der Waals surface area contributed by atoms with Crippen molar-refractivity contribution < 1.29 is 9.90 Å². The molecule has 0 aliphatic heterocycles. The summed E-state index contributed by atoms with van der Waals surface area (Å²) in [7, 11) is 4.02. The van der Waals surface area contributed by atoms with E-state index in [2.05, 4.69) is 10.2 Å². The zero-order chi connectivity index (χ0) is 13.5. The van der Waals surface area contributed by atoms with Crippen molar-refractivity contribution in [2.24, 2.45) is 0 Å². The highest BCUT2D eigenvalue weighted by Crippen LogP contribution is 2.06. The van der Waals surface area contributed by atoms with Crippen LogP contribution in [-0.4, -0.2) is 42.7 Å². The Kier molecular flexibility index (Phi) is 5.82. The second-order valence-electron chi connectivity index (χ2n) is 4.70. The fourth-order valence-corrected chi connectivity index (χ4v) is 1.67. The minimum absolute atomic E-state index is 0.0268. The van der Waals surface area contributed by atoms with Gasteiger partial charge in [0.2, 0.25) is 0 Å². The van der Waals surface area contributed by atoms with Crippen LogP contribution in [0.2, 0.25) is 0 Å². The lowest BCUT2D eigenvalue weighted by atomic mass is 10.1. The molecule has 0 unspecified atom stereocenters. The Balaban J connectivity index is 2.64. The topological polar surface area (TPSA) is 52.6 Å². The standard InChI is InChI=1S/C14H22N2O2/c1-4-13(10-17)15-14(18)12-7-5-11(6-8-12)9-16(2)3/h5-8,13,17H,4,9-10H2,1-3H3,(H,15,18)/t13-/m1/s1. The van der Waals surface area contributed by atoms with Crippen LogP contribution in [0.5, 0.6) is 0 Å². The molecule has 1 atom stereocenters. The number of aliphatic hydroxyl groups is 1. The van der Waals surface area contributed by atoms with Gasteiger partial charge in [0.25, 0.3) is 5.91 Å². The Morgan fingerprint density at radius 1 is 1.33 bits per heavy atom. The van der Waals surface area contributed by atoms with Crippen LogP contribution in [0, 0.1) is 0 Å². The van der Waals surface area contributed by atoms with E-state index in [4.69, 9.17) is 5.11 Å². The third-order valence-corrected chi connectivity index (χ3v) is 2.76. The zero-order valence-corrected chi connectivity index (χ0v) is 11.3. The highest BCUT2D eigenvalue weighted by atomic mass is 16.3. The van der Waals surface area contributed by atoms with Gasteiger partial charge >= 0.3 is 0 Å². The van der Waals surface area contributed by atoms with E-state index in [1.165, 1.54) is 5.56 Å². The molecule has 1 rings (SSSR count). The molecule has 100 valence electrons. The molecule has 1 aromatic carbocycles. The number of nitrogens with one attached hydrogen (secondary N) is 1. The summed E-state index contributed by atoms with van der Waals surface area (Å²) in [5.41, 5.74) is 1.80. The van der Waals surface area contributed by atoms with E-state index < -0.39 is 0 Å². The molecule has 0 aliphatic carbocycles. The summed E-state index contributed by atoms with van der Waals surface area (Å²) in [5.74, 6) is -0.132. The van der Waals surface area contributed by atoms with E-state index in [1.54, 1.807) is 0 Å². The fourth-order valence-electron chi connectivity index (χ4n) is 1.67. The van der Waals surface area contributed by atoms with Crippen molar-refractivity contribution in [1.29, 1.82) is 0 Å². The molecule has 0 saturated heterocycles. The number of hydrogen-bond donors (Lipinski definition) is 2. The van der Waals surface area contributed by atoms with E-state index in [0.717, 1.165) is 13.0 Å². The van der Waals surface area contributed by atoms with Gasteiger partial charge < -0.3 is 15.3 Å². The largest absolute Gasteiger partial charge is 0.394 e. The van der Waals surface area contributed by atoms with Crippen LogP contribution in [-0.2, 0) is 6.54 Å². The van der Waals surface area contributed by atoms with Crippen LogP contribution in [0.15, 0.2) is 24.3 Å². The molecule has 0 heterocycles. The second kappa shape index (κ2) is 7.13. The summed E-state index contributed by atoms with van der Waals surface area (Å²) in [4.78, 5) is 14.0. The maximum atomic E-state index is 11.9. The van der Waals surface area contributed by atoms with Crippen molar-refractivity contribution in [1.82, 2.24) is 10.2 Å². The molecule has 0 aliphatic rings. The third kappa shape index (κ3) is 4.47. The zero-order valence-electron chi connectivity index (χ0n) is 11.3. The van der Waals surface area contributed by atoms with E-state index in [9.17, 15) is 4.79 Å². The number of amides is 1. The van der Waals surface area contributed by atoms with E-state index in [0.29, 0.717) is 5.56 Å². The number of carbonyl (C=O) groups excluding carboxylic acids is 1. The van der Waals surface area contributed by atoms with Crippen molar-refractivity contribution in [3.63, 3.8) is 0 Å². The van der Waals surface area contributed by atoms with Gasteiger partial charge in [-0.05, 0) is 38.2 Å². The van der Waals surface area contributed by atoms with Gasteiger partial charge in [0.1, 0.15) is 0 Å². The van der Waals surface area contributed by atoms with E-state index in [-0.39, 0.29) is 18.6 Å². The predicted octanol–water partition coefficient (Wildman–Crippen LogP) is 1.25. The number of rotatable bonds is 6. The Morgan fingerprint density at radius 3 is 2.39 bits per heavy atom. The van der Waals surface area contributed by atoms with E-state index >= 15 is 0 Å². The normalized spacial score (nSPS) is 12.5. The Hall–Kier alpha value is -1.39. The first-order chi connectivity index (χ1) is 8.56. The van der Waals surface area contributed by atoms with E-state index in [1.807, 2.05) is 45.3 Å². The average molecular weight is 250 g/mol. The molecular weight excluding hydrogens is 228 g/mol. The quantitative estimate of drug-likeness (QED) is 0.799. The Morgan fingerprint density at radius 2 is 1.94 bits per heavy atom. The molecule has 1 aromatic rings. The summed E-state index contributed by atoms with van der Waals surface area (Å²) in [6, 6.07) is 7.37. The number of benzene rings is 1. The summed E-state index contributed by atoms with van der Waals surface area (Å²) in [5, 5.41) is 11.8. The van der Waals surface area contributed by atoms with Crippen LogP contribution >= 0.6 is 0 Å². The molecule has 2 N–H and O–H groups in total. The van der Waals surface area contributed by atoms with Crippen molar-refractivity contribution >= 4 is 5.91 Å². The highest BCUT2D eigenvalue weighted by Gasteiger charge is 2.10. The summed E-state index contributed by atoms with van der Waals surface area (Å²) in [6.07, 6.45) is 0.723. The van der Waals surface area contributed by atoms with Crippen LogP contribution in [0.1, 0.15) is 29.3 Å². The summed E-state index contributed by atoms with van der Waals surface area (Å²) >= 11 is 0. The lowest BCUT2D eigenvalue weighted by Crippen LogP contribution is -2.36. The predicted molar refractivity (Wildman–Crippen MR) is 72.5 cm³/mol. The number of aliphatic hydroxyl groups excluding tert-OH is 1. The second-order valence-corrected chi connectivity index (χ2v) is 4.70. The molecule has 18 heavy (non-hydrogen) atoms. The van der Waals surface area contributed by atoms with Gasteiger partial charge in [-0.3, -0.25) is 4.79 Å². The first kappa shape index (κ1) is 14.7. The molecule has 0 aromatic heterocycles. The lowest BCUT2D eigenvalue weighted by molar-refractivity contribution is 0.0915. The van der Waals surface area contributed by atoms with Crippen molar-refractivity contribution in [3.05, 3.63) is 35.4 Å². The highest BCUT2D eigenvalue weighted by molar-refractivity contribution is 5.94. The van der Waals surface area contributed by atoms with Crippen LogP contribution in [0.4, 0.5) is 0 Å². The van der Waals surface area contributed by atoms with Gasteiger partial charge in [-0.2, -0.15) is 0 Å². The fraction of sp³-hybridized carbons (Fsp3) is 0.500. The van der Waals surface area contributed by atoms with Gasteiger partial charge in [-0.15, -0.1) is 0 Å². The Labute approximate surface area is 109 Å². The molecule has 0 saturated carbocycles. The molecule has 0 radical (unpaired) electrons. The van der Waals surface area contributed by atoms with Crippen molar-refractivity contribution in [2.75, 3.05) is 20.7 Å². The Bertz CT molecular complexity index is 370. The van der Waals surface area contributed by atoms with Gasteiger partial charge in [0.15, 0.2) is 0 Å². The van der Waals surface area contributed by atoms with Crippen molar-refractivity contribution in [3.8, 4) is 0 Å². The minimum Gasteiger partial charge on any atom is -0.394 e. The van der Waals surface area contributed by atoms with Gasteiger partial charge in [-0.25, -0.2) is 0 Å². The summed E-state index contributed by atoms with van der Waals surface area (Å²) in [6.45, 7) is 2.76. The first-order valence-electron chi connectivity index (χ1n) is 6.22. The van der Waals surface area contributed by atoms with Gasteiger partial charge in [-0.1, -0.05) is 19.1 Å². The molecular formula is C14H22N2O2. The van der Waals surface area contributed by atoms with Gasteiger partial charge in [0, 0.05) is 12.1 Å². The minimum atomic E-state index is -0.168. The lowest BCUT2D eigenvalue weighted by Gasteiger charge is -2.14. The maximum absolute atomic E-state index is 11.9. The molecule has 4 heteroatoms. The van der Waals surface area contributed by atoms with Crippen LogP contribution in [0.3, 0.4) is 0 Å². The summed E-state index contributed by atoms with van der Waals surface area (Å²) < 4.78 is 0. The van der Waals surface area contributed by atoms with Crippen LogP contribution < -0.4 is 5.32 Å². The number of carbonyl (C=O) groups is 1. The van der Waals surface area contributed by atoms with Crippen molar-refractivity contribution in [2.45, 2.75) is 25.9 Å². The number of hydrogen-bond acceptors (Lipinski definition) is 3. The molecule has 1 amide bonds. The van der Waals surface area contributed by atoms with Crippen LogP contribution in [0.25, 0.3) is 0 Å². The van der Waals surface area contributed by atoms with Gasteiger partial charge in [0.05, 0.1) is 12.6 Å². The SMILES string of the molecule is CC[C@H](CO)NC(=O)c1ccc(CN(C)C)cc1. The third-order valence-electron chi connectivity index (χ3n) is 2.76. The molecule has 0 spiro atoms. The monoisotopic (exact) mass is 250 g/mol. The maximum Gasteiger partial charge on any atom is 0.251 e. The molecule has 0 fully saturated rings. The number of nitrogens with zero attached hydrogens (tertiary/aromatic N) is 1.